The van der Waals surface area contributed by atoms with Gasteiger partial charge in [-0.25, -0.2) is 0 Å². The van der Waals surface area contributed by atoms with E-state index in [4.69, 9.17) is 5.73 Å². The minimum absolute atomic E-state index is 0.135. The highest BCUT2D eigenvalue weighted by molar-refractivity contribution is 4.77. The Morgan fingerprint density at radius 2 is 2.00 bits per heavy atom. The van der Waals surface area contributed by atoms with Gasteiger partial charge in [0.1, 0.15) is 0 Å². The van der Waals surface area contributed by atoms with Gasteiger partial charge in [-0.05, 0) is 25.2 Å². The van der Waals surface area contributed by atoms with Crippen molar-refractivity contribution in [3.63, 3.8) is 0 Å². The molecule has 0 heterocycles. The second kappa shape index (κ2) is 2.67. The molecular weight excluding hydrogens is 114 g/mol. The van der Waals surface area contributed by atoms with Crippen LogP contribution in [0, 0.1) is 5.92 Å². The average Bonchev–Trinajstić information content (AvgIpc) is 1.59. The lowest BCUT2D eigenvalue weighted by atomic mass is 9.86. The highest BCUT2D eigenvalue weighted by Crippen LogP contribution is 2.22. The molecule has 0 aromatic rings. The van der Waals surface area contributed by atoms with E-state index >= 15 is 0 Å². The first-order valence-corrected chi connectivity index (χ1v) is 3.62. The molecule has 54 valence electrons. The number of hydrogen-bond donors (Lipinski definition) is 2. The molecule has 0 aromatic carbocycles. The van der Waals surface area contributed by atoms with E-state index in [1.165, 1.54) is 0 Å². The maximum Gasteiger partial charge on any atom is 0.0557 e. The molecule has 0 saturated heterocycles. The molecule has 0 aliphatic heterocycles. The van der Waals surface area contributed by atoms with E-state index in [-0.39, 0.29) is 12.1 Å². The smallest absolute Gasteiger partial charge is 0.0557 e. The van der Waals surface area contributed by atoms with Gasteiger partial charge in [-0.2, -0.15) is 0 Å². The van der Waals surface area contributed by atoms with Crippen LogP contribution in [0.25, 0.3) is 0 Å². The molecule has 1 saturated carbocycles. The standard InChI is InChI=1S/C7H15NO/c1-5-2-6(8)4-7(9)3-5/h5-7,9H,2-4,8H2,1H3. The summed E-state index contributed by atoms with van der Waals surface area (Å²) >= 11 is 0. The highest BCUT2D eigenvalue weighted by atomic mass is 16.3. The molecule has 9 heavy (non-hydrogen) atoms. The van der Waals surface area contributed by atoms with Crippen molar-refractivity contribution in [3.05, 3.63) is 0 Å². The van der Waals surface area contributed by atoms with Crippen LogP contribution in [-0.4, -0.2) is 17.3 Å². The van der Waals surface area contributed by atoms with Crippen LogP contribution < -0.4 is 5.73 Å². The second-order valence-corrected chi connectivity index (χ2v) is 3.23. The molecule has 0 spiro atoms. The Morgan fingerprint density at radius 3 is 2.44 bits per heavy atom. The normalized spacial score (nSPS) is 45.0. The van der Waals surface area contributed by atoms with Crippen molar-refractivity contribution in [1.82, 2.24) is 0 Å². The van der Waals surface area contributed by atoms with Crippen molar-refractivity contribution < 1.29 is 5.11 Å². The van der Waals surface area contributed by atoms with Crippen LogP contribution in [0.1, 0.15) is 26.2 Å². The van der Waals surface area contributed by atoms with Gasteiger partial charge in [0.2, 0.25) is 0 Å². The Labute approximate surface area is 56.1 Å². The Hall–Kier alpha value is -0.0800. The molecule has 1 aliphatic carbocycles. The molecule has 3 atom stereocenters. The third-order valence-corrected chi connectivity index (χ3v) is 1.95. The van der Waals surface area contributed by atoms with Gasteiger partial charge in [0, 0.05) is 6.04 Å². The van der Waals surface area contributed by atoms with E-state index < -0.39 is 0 Å². The van der Waals surface area contributed by atoms with Gasteiger partial charge in [-0.15, -0.1) is 0 Å². The van der Waals surface area contributed by atoms with Crippen molar-refractivity contribution in [2.45, 2.75) is 38.3 Å². The Morgan fingerprint density at radius 1 is 1.33 bits per heavy atom. The summed E-state index contributed by atoms with van der Waals surface area (Å²) in [5.41, 5.74) is 5.66. The molecule has 0 aromatic heterocycles. The predicted molar refractivity (Wildman–Crippen MR) is 37.0 cm³/mol. The molecule has 3 unspecified atom stereocenters. The zero-order chi connectivity index (χ0) is 6.85. The topological polar surface area (TPSA) is 46.2 Å². The lowest BCUT2D eigenvalue weighted by Crippen LogP contribution is -2.34. The first-order valence-electron chi connectivity index (χ1n) is 3.62. The quantitative estimate of drug-likeness (QED) is 0.500. The van der Waals surface area contributed by atoms with Crippen LogP contribution in [-0.2, 0) is 0 Å². The van der Waals surface area contributed by atoms with Crippen LogP contribution in [0.4, 0.5) is 0 Å². The summed E-state index contributed by atoms with van der Waals surface area (Å²) in [4.78, 5) is 0. The number of aliphatic hydroxyl groups excluding tert-OH is 1. The van der Waals surface area contributed by atoms with Crippen LogP contribution in [0.5, 0.6) is 0 Å². The first-order chi connectivity index (χ1) is 4.18. The van der Waals surface area contributed by atoms with Crippen LogP contribution in [0.3, 0.4) is 0 Å². The summed E-state index contributed by atoms with van der Waals surface area (Å²) in [6.07, 6.45) is 2.68. The fourth-order valence-electron chi connectivity index (χ4n) is 1.62. The maximum absolute atomic E-state index is 9.17. The predicted octanol–water partition coefficient (Wildman–Crippen LogP) is 0.495. The summed E-state index contributed by atoms with van der Waals surface area (Å²) in [5, 5.41) is 9.17. The fourth-order valence-corrected chi connectivity index (χ4v) is 1.62. The first kappa shape index (κ1) is 7.03. The summed E-state index contributed by atoms with van der Waals surface area (Å²) < 4.78 is 0. The minimum Gasteiger partial charge on any atom is -0.393 e. The van der Waals surface area contributed by atoms with E-state index in [9.17, 15) is 5.11 Å². The van der Waals surface area contributed by atoms with Gasteiger partial charge in [-0.1, -0.05) is 6.92 Å². The number of hydrogen-bond acceptors (Lipinski definition) is 2. The molecule has 0 amide bonds. The van der Waals surface area contributed by atoms with Gasteiger partial charge in [0.05, 0.1) is 6.10 Å². The molecular formula is C7H15NO. The molecule has 1 aliphatic rings. The van der Waals surface area contributed by atoms with E-state index in [0.29, 0.717) is 5.92 Å². The largest absolute Gasteiger partial charge is 0.393 e. The minimum atomic E-state index is -0.135. The molecule has 1 fully saturated rings. The molecule has 1 rings (SSSR count). The summed E-state index contributed by atoms with van der Waals surface area (Å²) in [5.74, 6) is 0.615. The van der Waals surface area contributed by atoms with Crippen molar-refractivity contribution in [2.24, 2.45) is 11.7 Å². The number of nitrogens with two attached hydrogens (primary N) is 1. The van der Waals surface area contributed by atoms with Crippen molar-refractivity contribution in [2.75, 3.05) is 0 Å². The number of rotatable bonds is 0. The lowest BCUT2D eigenvalue weighted by molar-refractivity contribution is 0.0959. The van der Waals surface area contributed by atoms with Gasteiger partial charge < -0.3 is 10.8 Å². The van der Waals surface area contributed by atoms with E-state index in [1.807, 2.05) is 0 Å². The summed E-state index contributed by atoms with van der Waals surface area (Å²) in [6, 6.07) is 0.240. The van der Waals surface area contributed by atoms with Crippen molar-refractivity contribution >= 4 is 0 Å². The van der Waals surface area contributed by atoms with E-state index in [2.05, 4.69) is 6.92 Å². The fraction of sp³-hybridized carbons (Fsp3) is 1.00. The van der Waals surface area contributed by atoms with Gasteiger partial charge in [0.15, 0.2) is 0 Å². The lowest BCUT2D eigenvalue weighted by Gasteiger charge is -2.27. The van der Waals surface area contributed by atoms with Gasteiger partial charge >= 0.3 is 0 Å². The second-order valence-electron chi connectivity index (χ2n) is 3.23. The van der Waals surface area contributed by atoms with E-state index in [1.54, 1.807) is 0 Å². The summed E-state index contributed by atoms with van der Waals surface area (Å²) in [6.45, 7) is 2.14. The third-order valence-electron chi connectivity index (χ3n) is 1.95. The third kappa shape index (κ3) is 1.95. The number of aliphatic hydroxyl groups is 1. The van der Waals surface area contributed by atoms with E-state index in [0.717, 1.165) is 19.3 Å². The van der Waals surface area contributed by atoms with Crippen LogP contribution in [0.2, 0.25) is 0 Å². The van der Waals surface area contributed by atoms with Gasteiger partial charge in [0.25, 0.3) is 0 Å². The zero-order valence-corrected chi connectivity index (χ0v) is 5.88. The molecule has 0 bridgehead atoms. The Balaban J connectivity index is 2.34. The zero-order valence-electron chi connectivity index (χ0n) is 5.88. The Bertz CT molecular complexity index is 69.9. The molecule has 2 nitrogen and oxygen atoms in total. The van der Waals surface area contributed by atoms with Gasteiger partial charge in [-0.3, -0.25) is 0 Å². The SMILES string of the molecule is CC1CC(N)CC(O)C1. The highest BCUT2D eigenvalue weighted by Gasteiger charge is 2.21. The monoisotopic (exact) mass is 129 g/mol. The molecule has 3 N–H and O–H groups in total. The Kier molecular flexibility index (Phi) is 2.09. The molecule has 0 radical (unpaired) electrons. The maximum atomic E-state index is 9.17. The average molecular weight is 129 g/mol. The summed E-state index contributed by atoms with van der Waals surface area (Å²) in [7, 11) is 0. The van der Waals surface area contributed by atoms with Crippen molar-refractivity contribution in [3.8, 4) is 0 Å². The van der Waals surface area contributed by atoms with Crippen LogP contribution in [0.15, 0.2) is 0 Å². The van der Waals surface area contributed by atoms with Crippen LogP contribution >= 0.6 is 0 Å². The van der Waals surface area contributed by atoms with Crippen molar-refractivity contribution in [1.29, 1.82) is 0 Å². The molecule has 2 heteroatoms.